The smallest absolute Gasteiger partial charge is 0.146 e. The molecule has 2 nitrogen and oxygen atoms in total. The van der Waals surface area contributed by atoms with Crippen molar-refractivity contribution in [2.45, 2.75) is 26.3 Å². The summed E-state index contributed by atoms with van der Waals surface area (Å²) in [6.07, 6.45) is 1.14. The summed E-state index contributed by atoms with van der Waals surface area (Å²) in [6, 6.07) is 6.28. The number of carbonyl (C=O) groups is 1. The van der Waals surface area contributed by atoms with Gasteiger partial charge in [-0.25, -0.2) is 4.39 Å². The molecule has 0 amide bonds. The molecule has 1 N–H and O–H groups in total. The highest BCUT2D eigenvalue weighted by molar-refractivity contribution is 9.10. The van der Waals surface area contributed by atoms with Gasteiger partial charge in [-0.2, -0.15) is 0 Å². The number of carbonyl (C=O) groups excluding carboxylic acids is 1. The van der Waals surface area contributed by atoms with Crippen LogP contribution in [0.3, 0.4) is 0 Å². The van der Waals surface area contributed by atoms with Crippen LogP contribution in [-0.4, -0.2) is 18.4 Å². The summed E-state index contributed by atoms with van der Waals surface area (Å²) in [7, 11) is 0. The minimum absolute atomic E-state index is 0.144. The van der Waals surface area contributed by atoms with Crippen LogP contribution in [0.1, 0.15) is 20.3 Å². The van der Waals surface area contributed by atoms with Gasteiger partial charge in [-0.3, -0.25) is 4.79 Å². The first-order valence-electron chi connectivity index (χ1n) is 5.65. The van der Waals surface area contributed by atoms with Crippen molar-refractivity contribution in [3.63, 3.8) is 0 Å². The Hall–Kier alpha value is -0.740. The minimum Gasteiger partial charge on any atom is -0.307 e. The lowest BCUT2D eigenvalue weighted by atomic mass is 10.0. The maximum atomic E-state index is 12.1. The van der Waals surface area contributed by atoms with Crippen LogP contribution in [0.4, 0.5) is 4.39 Å². The van der Waals surface area contributed by atoms with Gasteiger partial charge in [-0.15, -0.1) is 0 Å². The van der Waals surface area contributed by atoms with E-state index in [0.29, 0.717) is 5.92 Å². The Balaban J connectivity index is 0.000000171. The predicted molar refractivity (Wildman–Crippen MR) is 70.4 cm³/mol. The Morgan fingerprint density at radius 3 is 2.29 bits per heavy atom. The molecule has 1 aliphatic heterocycles. The van der Waals surface area contributed by atoms with E-state index >= 15 is 0 Å². The molecule has 1 aromatic carbocycles. The van der Waals surface area contributed by atoms with E-state index in [9.17, 15) is 9.18 Å². The average Bonchev–Trinajstić information content (AvgIpc) is 2.70. The van der Waals surface area contributed by atoms with E-state index in [-0.39, 0.29) is 17.6 Å². The van der Waals surface area contributed by atoms with Gasteiger partial charge in [0.2, 0.25) is 0 Å². The second-order valence-corrected chi connectivity index (χ2v) is 5.16. The zero-order valence-corrected chi connectivity index (χ0v) is 11.6. The van der Waals surface area contributed by atoms with Crippen molar-refractivity contribution in [1.29, 1.82) is 0 Å². The number of nitrogens with one attached hydrogen (secondary N) is 1. The summed E-state index contributed by atoms with van der Waals surface area (Å²) in [6.45, 7) is 4.77. The zero-order chi connectivity index (χ0) is 12.8. The Labute approximate surface area is 110 Å². The van der Waals surface area contributed by atoms with E-state index < -0.39 is 0 Å². The van der Waals surface area contributed by atoms with E-state index in [2.05, 4.69) is 28.2 Å². The molecule has 0 radical (unpaired) electrons. The van der Waals surface area contributed by atoms with Gasteiger partial charge in [0, 0.05) is 4.47 Å². The van der Waals surface area contributed by atoms with Gasteiger partial charge in [0.15, 0.2) is 0 Å². The molecule has 0 spiro atoms. The molecular weight excluding hydrogens is 285 g/mol. The second kappa shape index (κ2) is 6.87. The van der Waals surface area contributed by atoms with Crippen LogP contribution in [0.25, 0.3) is 0 Å². The first-order valence-corrected chi connectivity index (χ1v) is 6.45. The van der Waals surface area contributed by atoms with Crippen LogP contribution in [0.15, 0.2) is 28.7 Å². The third-order valence-electron chi connectivity index (χ3n) is 2.77. The van der Waals surface area contributed by atoms with Crippen molar-refractivity contribution in [3.8, 4) is 0 Å². The van der Waals surface area contributed by atoms with Crippen molar-refractivity contribution in [1.82, 2.24) is 5.32 Å². The van der Waals surface area contributed by atoms with Crippen molar-refractivity contribution >= 4 is 21.7 Å². The predicted octanol–water partition coefficient (Wildman–Crippen LogP) is 3.16. The number of hydrogen-bond donors (Lipinski definition) is 1. The molecule has 2 unspecified atom stereocenters. The molecule has 1 saturated heterocycles. The quantitative estimate of drug-likeness (QED) is 0.863. The molecule has 1 fully saturated rings. The Morgan fingerprint density at radius 1 is 1.41 bits per heavy atom. The van der Waals surface area contributed by atoms with Crippen LogP contribution in [-0.2, 0) is 4.79 Å². The van der Waals surface area contributed by atoms with Crippen LogP contribution in [0, 0.1) is 11.7 Å². The SMILES string of the molecule is CC(=O)C1NCCC1C.Fc1ccc(Br)cc1. The number of rotatable bonds is 1. The van der Waals surface area contributed by atoms with Gasteiger partial charge in [-0.1, -0.05) is 22.9 Å². The van der Waals surface area contributed by atoms with Crippen LogP contribution >= 0.6 is 15.9 Å². The van der Waals surface area contributed by atoms with Crippen molar-refractivity contribution < 1.29 is 9.18 Å². The fourth-order valence-corrected chi connectivity index (χ4v) is 2.07. The lowest BCUT2D eigenvalue weighted by molar-refractivity contribution is -0.119. The van der Waals surface area contributed by atoms with E-state index in [1.54, 1.807) is 19.1 Å². The Bertz CT molecular complexity index is 345. The number of Topliss-reactive ketones (excluding diaryl/α,β-unsaturated/α-hetero) is 1. The highest BCUT2D eigenvalue weighted by atomic mass is 79.9. The molecule has 2 rings (SSSR count). The molecule has 1 aromatic rings. The molecule has 1 aliphatic rings. The van der Waals surface area contributed by atoms with Crippen LogP contribution in [0.5, 0.6) is 0 Å². The molecule has 0 bridgehead atoms. The van der Waals surface area contributed by atoms with Crippen molar-refractivity contribution in [2.24, 2.45) is 5.92 Å². The second-order valence-electron chi connectivity index (χ2n) is 4.24. The number of benzene rings is 1. The van der Waals surface area contributed by atoms with Gasteiger partial charge < -0.3 is 5.32 Å². The fraction of sp³-hybridized carbons (Fsp3) is 0.462. The highest BCUT2D eigenvalue weighted by Crippen LogP contribution is 2.14. The lowest BCUT2D eigenvalue weighted by Gasteiger charge is -2.09. The molecule has 0 aromatic heterocycles. The maximum Gasteiger partial charge on any atom is 0.146 e. The van der Waals surface area contributed by atoms with Gasteiger partial charge in [0.25, 0.3) is 0 Å². The zero-order valence-electron chi connectivity index (χ0n) is 10.0. The summed E-state index contributed by atoms with van der Waals surface area (Å²) in [5, 5.41) is 3.16. The van der Waals surface area contributed by atoms with Gasteiger partial charge in [-0.05, 0) is 50.1 Å². The summed E-state index contributed by atoms with van der Waals surface area (Å²) in [4.78, 5) is 10.8. The Kier molecular flexibility index (Phi) is 5.78. The van der Waals surface area contributed by atoms with E-state index in [0.717, 1.165) is 17.4 Å². The lowest BCUT2D eigenvalue weighted by Crippen LogP contribution is -2.32. The number of hydrogen-bond acceptors (Lipinski definition) is 2. The molecule has 0 aliphatic carbocycles. The molecule has 17 heavy (non-hydrogen) atoms. The van der Waals surface area contributed by atoms with Crippen molar-refractivity contribution in [2.75, 3.05) is 6.54 Å². The van der Waals surface area contributed by atoms with Gasteiger partial charge in [0.05, 0.1) is 6.04 Å². The Morgan fingerprint density at radius 2 is 2.00 bits per heavy atom. The fourth-order valence-electron chi connectivity index (χ4n) is 1.81. The number of halogens is 2. The monoisotopic (exact) mass is 301 g/mol. The van der Waals surface area contributed by atoms with Crippen molar-refractivity contribution in [3.05, 3.63) is 34.6 Å². The molecular formula is C13H17BrFNO. The first-order chi connectivity index (χ1) is 8.00. The molecule has 94 valence electrons. The maximum absolute atomic E-state index is 12.1. The van der Waals surface area contributed by atoms with E-state index in [1.807, 2.05) is 0 Å². The first kappa shape index (κ1) is 14.3. The summed E-state index contributed by atoms with van der Waals surface area (Å²) in [5.74, 6) is 0.621. The largest absolute Gasteiger partial charge is 0.307 e. The molecule has 4 heteroatoms. The third-order valence-corrected chi connectivity index (χ3v) is 3.30. The van der Waals surface area contributed by atoms with Gasteiger partial charge in [0.1, 0.15) is 11.6 Å². The standard InChI is InChI=1S/C7H13NO.C6H4BrF/c1-5-3-4-8-7(5)6(2)9;7-5-1-3-6(8)4-2-5/h5,7-8H,3-4H2,1-2H3;1-4H. The van der Waals surface area contributed by atoms with E-state index in [1.165, 1.54) is 12.1 Å². The highest BCUT2D eigenvalue weighted by Gasteiger charge is 2.25. The molecule has 0 saturated carbocycles. The average molecular weight is 302 g/mol. The molecule has 2 atom stereocenters. The van der Waals surface area contributed by atoms with E-state index in [4.69, 9.17) is 0 Å². The van der Waals surface area contributed by atoms with Crippen LogP contribution < -0.4 is 5.32 Å². The van der Waals surface area contributed by atoms with Gasteiger partial charge >= 0.3 is 0 Å². The normalized spacial score (nSPS) is 22.8. The summed E-state index contributed by atoms with van der Waals surface area (Å²) < 4.78 is 13.0. The third kappa shape index (κ3) is 4.96. The minimum atomic E-state index is -0.201. The summed E-state index contributed by atoms with van der Waals surface area (Å²) in [5.41, 5.74) is 0. The summed E-state index contributed by atoms with van der Waals surface area (Å²) >= 11 is 3.18. The van der Waals surface area contributed by atoms with Crippen LogP contribution in [0.2, 0.25) is 0 Å². The molecule has 1 heterocycles. The number of ketones is 1. The topological polar surface area (TPSA) is 29.1 Å².